The fourth-order valence-corrected chi connectivity index (χ4v) is 2.50. The van der Waals surface area contributed by atoms with Gasteiger partial charge in [-0.25, -0.2) is 0 Å². The van der Waals surface area contributed by atoms with E-state index >= 15 is 0 Å². The van der Waals surface area contributed by atoms with Crippen molar-refractivity contribution in [3.05, 3.63) is 22.4 Å². The number of carbonyl (C=O) groups excluding carboxylic acids is 1. The van der Waals surface area contributed by atoms with Crippen LogP contribution in [-0.4, -0.2) is 41.0 Å². The van der Waals surface area contributed by atoms with Gasteiger partial charge in [-0.2, -0.15) is 0 Å². The molecule has 0 bridgehead atoms. The van der Waals surface area contributed by atoms with E-state index in [1.165, 1.54) is 0 Å². The Balaban J connectivity index is 2.09. The van der Waals surface area contributed by atoms with Crippen molar-refractivity contribution in [1.29, 1.82) is 0 Å². The molecule has 2 unspecified atom stereocenters. The second-order valence-electron chi connectivity index (χ2n) is 4.41. The van der Waals surface area contributed by atoms with E-state index in [4.69, 9.17) is 0 Å². The second kappa shape index (κ2) is 4.59. The maximum atomic E-state index is 12.2. The zero-order valence-corrected chi connectivity index (χ0v) is 11.0. The van der Waals surface area contributed by atoms with Crippen LogP contribution in [0.3, 0.4) is 0 Å². The predicted molar refractivity (Wildman–Crippen MR) is 66.5 cm³/mol. The molecule has 1 aromatic rings. The zero-order valence-electron chi connectivity index (χ0n) is 9.46. The van der Waals surface area contributed by atoms with Crippen LogP contribution in [0.5, 0.6) is 0 Å². The Bertz CT molecular complexity index is 380. The SMILES string of the molecule is CC1CN(C(=O)c2cc(Br)c[nH]2)CC(C)N1. The first-order valence-corrected chi connectivity index (χ1v) is 6.25. The first kappa shape index (κ1) is 11.7. The lowest BCUT2D eigenvalue weighted by atomic mass is 10.1. The number of piperazine rings is 1. The first-order valence-electron chi connectivity index (χ1n) is 5.45. The molecule has 88 valence electrons. The van der Waals surface area contributed by atoms with Gasteiger partial charge < -0.3 is 15.2 Å². The molecule has 1 amide bonds. The summed E-state index contributed by atoms with van der Waals surface area (Å²) in [5, 5.41) is 3.41. The molecule has 1 fully saturated rings. The number of rotatable bonds is 1. The van der Waals surface area contributed by atoms with Gasteiger partial charge in [0.25, 0.3) is 5.91 Å². The van der Waals surface area contributed by atoms with Crippen LogP contribution in [0.15, 0.2) is 16.7 Å². The Hall–Kier alpha value is -0.810. The predicted octanol–water partition coefficient (Wildman–Crippen LogP) is 1.60. The normalized spacial score (nSPS) is 25.8. The van der Waals surface area contributed by atoms with Crippen LogP contribution in [-0.2, 0) is 0 Å². The van der Waals surface area contributed by atoms with Gasteiger partial charge >= 0.3 is 0 Å². The van der Waals surface area contributed by atoms with E-state index in [1.807, 2.05) is 11.0 Å². The van der Waals surface area contributed by atoms with E-state index in [1.54, 1.807) is 6.20 Å². The van der Waals surface area contributed by atoms with Crippen LogP contribution in [0, 0.1) is 0 Å². The molecule has 1 aromatic heterocycles. The van der Waals surface area contributed by atoms with Crippen LogP contribution in [0.1, 0.15) is 24.3 Å². The highest BCUT2D eigenvalue weighted by Gasteiger charge is 2.25. The van der Waals surface area contributed by atoms with Gasteiger partial charge in [-0.15, -0.1) is 0 Å². The van der Waals surface area contributed by atoms with Crippen molar-refractivity contribution < 1.29 is 4.79 Å². The summed E-state index contributed by atoms with van der Waals surface area (Å²) < 4.78 is 0.909. The highest BCUT2D eigenvalue weighted by Crippen LogP contribution is 2.14. The van der Waals surface area contributed by atoms with E-state index in [0.717, 1.165) is 17.6 Å². The molecular weight excluding hydrogens is 270 g/mol. The Morgan fingerprint density at radius 3 is 2.56 bits per heavy atom. The summed E-state index contributed by atoms with van der Waals surface area (Å²) in [4.78, 5) is 17.0. The first-order chi connectivity index (χ1) is 7.56. The quantitative estimate of drug-likeness (QED) is 0.824. The molecule has 2 heterocycles. The number of nitrogens with one attached hydrogen (secondary N) is 2. The van der Waals surface area contributed by atoms with Crippen LogP contribution in [0.25, 0.3) is 0 Å². The van der Waals surface area contributed by atoms with E-state index in [-0.39, 0.29) is 5.91 Å². The molecule has 0 saturated carbocycles. The van der Waals surface area contributed by atoms with E-state index in [2.05, 4.69) is 40.1 Å². The average molecular weight is 286 g/mol. The van der Waals surface area contributed by atoms with E-state index in [9.17, 15) is 4.79 Å². The molecule has 16 heavy (non-hydrogen) atoms. The number of nitrogens with zero attached hydrogens (tertiary/aromatic N) is 1. The van der Waals surface area contributed by atoms with Gasteiger partial charge in [0, 0.05) is 35.8 Å². The average Bonchev–Trinajstić information content (AvgIpc) is 2.62. The molecule has 2 atom stereocenters. The van der Waals surface area contributed by atoms with Crippen LogP contribution < -0.4 is 5.32 Å². The standard InChI is InChI=1S/C11H16BrN3O/c1-7-5-15(6-8(2)14-7)11(16)10-3-9(12)4-13-10/h3-4,7-8,13-14H,5-6H2,1-2H3. The number of carbonyl (C=O) groups is 1. The van der Waals surface area contributed by atoms with Crippen molar-refractivity contribution >= 4 is 21.8 Å². The maximum absolute atomic E-state index is 12.2. The molecule has 0 aliphatic carbocycles. The minimum atomic E-state index is 0.0749. The molecular formula is C11H16BrN3O. The van der Waals surface area contributed by atoms with Crippen molar-refractivity contribution in [3.63, 3.8) is 0 Å². The van der Waals surface area contributed by atoms with Gasteiger partial charge in [0.1, 0.15) is 5.69 Å². The molecule has 1 aliphatic heterocycles. The molecule has 0 radical (unpaired) electrons. The Morgan fingerprint density at radius 2 is 2.06 bits per heavy atom. The van der Waals surface area contributed by atoms with Gasteiger partial charge in [0.2, 0.25) is 0 Å². The summed E-state index contributed by atoms with van der Waals surface area (Å²) in [7, 11) is 0. The van der Waals surface area contributed by atoms with Crippen molar-refractivity contribution in [2.24, 2.45) is 0 Å². The smallest absolute Gasteiger partial charge is 0.270 e. The van der Waals surface area contributed by atoms with Crippen molar-refractivity contribution in [3.8, 4) is 0 Å². The molecule has 4 nitrogen and oxygen atoms in total. The Labute approximate surface area is 104 Å². The molecule has 1 saturated heterocycles. The summed E-state index contributed by atoms with van der Waals surface area (Å²) in [6.45, 7) is 5.72. The third-order valence-electron chi connectivity index (χ3n) is 2.72. The summed E-state index contributed by atoms with van der Waals surface area (Å²) in [5.74, 6) is 0.0749. The fourth-order valence-electron chi connectivity index (χ4n) is 2.15. The van der Waals surface area contributed by atoms with Crippen LogP contribution >= 0.6 is 15.9 Å². The minimum Gasteiger partial charge on any atom is -0.356 e. The number of halogens is 1. The number of amides is 1. The van der Waals surface area contributed by atoms with Gasteiger partial charge in [-0.3, -0.25) is 4.79 Å². The molecule has 2 N–H and O–H groups in total. The molecule has 2 rings (SSSR count). The van der Waals surface area contributed by atoms with Crippen LogP contribution in [0.4, 0.5) is 0 Å². The highest BCUT2D eigenvalue weighted by molar-refractivity contribution is 9.10. The third kappa shape index (κ3) is 2.47. The van der Waals surface area contributed by atoms with Gasteiger partial charge in [-0.05, 0) is 35.8 Å². The number of aromatic amines is 1. The highest BCUT2D eigenvalue weighted by atomic mass is 79.9. The zero-order chi connectivity index (χ0) is 11.7. The number of aromatic nitrogens is 1. The van der Waals surface area contributed by atoms with Gasteiger partial charge in [-0.1, -0.05) is 0 Å². The number of H-pyrrole nitrogens is 1. The molecule has 0 spiro atoms. The summed E-state index contributed by atoms with van der Waals surface area (Å²) in [6.07, 6.45) is 1.78. The summed E-state index contributed by atoms with van der Waals surface area (Å²) in [5.41, 5.74) is 0.646. The van der Waals surface area contributed by atoms with Crippen LogP contribution in [0.2, 0.25) is 0 Å². The second-order valence-corrected chi connectivity index (χ2v) is 5.33. The maximum Gasteiger partial charge on any atom is 0.270 e. The largest absolute Gasteiger partial charge is 0.356 e. The lowest BCUT2D eigenvalue weighted by Crippen LogP contribution is -2.55. The Morgan fingerprint density at radius 1 is 1.44 bits per heavy atom. The van der Waals surface area contributed by atoms with E-state index < -0.39 is 0 Å². The molecule has 5 heteroatoms. The summed E-state index contributed by atoms with van der Waals surface area (Å²) in [6, 6.07) is 2.52. The molecule has 0 aromatic carbocycles. The fraction of sp³-hybridized carbons (Fsp3) is 0.545. The minimum absolute atomic E-state index is 0.0749. The topological polar surface area (TPSA) is 48.1 Å². The lowest BCUT2D eigenvalue weighted by molar-refractivity contribution is 0.0668. The monoisotopic (exact) mass is 285 g/mol. The molecule has 1 aliphatic rings. The van der Waals surface area contributed by atoms with Crippen molar-refractivity contribution in [1.82, 2.24) is 15.2 Å². The lowest BCUT2D eigenvalue weighted by Gasteiger charge is -2.35. The Kier molecular flexibility index (Phi) is 3.35. The van der Waals surface area contributed by atoms with Gasteiger partial charge in [0.05, 0.1) is 0 Å². The number of hydrogen-bond donors (Lipinski definition) is 2. The van der Waals surface area contributed by atoms with Gasteiger partial charge in [0.15, 0.2) is 0 Å². The third-order valence-corrected chi connectivity index (χ3v) is 3.18. The summed E-state index contributed by atoms with van der Waals surface area (Å²) >= 11 is 3.33. The van der Waals surface area contributed by atoms with Crippen molar-refractivity contribution in [2.45, 2.75) is 25.9 Å². The number of hydrogen-bond acceptors (Lipinski definition) is 2. The van der Waals surface area contributed by atoms with Crippen molar-refractivity contribution in [2.75, 3.05) is 13.1 Å². The van der Waals surface area contributed by atoms with E-state index in [0.29, 0.717) is 17.8 Å².